The van der Waals surface area contributed by atoms with E-state index in [1.54, 1.807) is 28.8 Å². The lowest BCUT2D eigenvalue weighted by atomic mass is 10.2. The van der Waals surface area contributed by atoms with Crippen molar-refractivity contribution in [3.8, 4) is 0 Å². The van der Waals surface area contributed by atoms with E-state index >= 15 is 0 Å². The molecule has 0 bridgehead atoms. The van der Waals surface area contributed by atoms with Crippen molar-refractivity contribution in [1.29, 1.82) is 0 Å². The van der Waals surface area contributed by atoms with Crippen molar-refractivity contribution in [1.82, 2.24) is 4.31 Å². The second kappa shape index (κ2) is 6.69. The Morgan fingerprint density at radius 2 is 1.85 bits per heavy atom. The first-order valence-corrected chi connectivity index (χ1v) is 10.9. The highest BCUT2D eigenvalue weighted by atomic mass is 32.2. The van der Waals surface area contributed by atoms with Gasteiger partial charge in [-0.15, -0.1) is 11.8 Å². The normalized spacial score (nSPS) is 20.8. The summed E-state index contributed by atoms with van der Waals surface area (Å²) in [5, 5.41) is 0.338. The quantitative estimate of drug-likeness (QED) is 0.772. The Morgan fingerprint density at radius 3 is 2.63 bits per heavy atom. The molecule has 0 aromatic heterocycles. The van der Waals surface area contributed by atoms with E-state index in [1.165, 1.54) is 12.1 Å². The maximum absolute atomic E-state index is 13.0. The molecular formula is C19H18N2O4S2. The zero-order valence-electron chi connectivity index (χ0n) is 14.7. The predicted molar refractivity (Wildman–Crippen MR) is 103 cm³/mol. The molecule has 1 atom stereocenters. The average Bonchev–Trinajstić information content (AvgIpc) is 2.77. The Bertz CT molecular complexity index is 1040. The summed E-state index contributed by atoms with van der Waals surface area (Å²) >= 11 is 1.69. The summed E-state index contributed by atoms with van der Waals surface area (Å²) in [6.07, 6.45) is 0.784. The van der Waals surface area contributed by atoms with E-state index in [0.29, 0.717) is 16.1 Å². The molecule has 2 aliphatic heterocycles. The molecule has 0 spiro atoms. The first-order chi connectivity index (χ1) is 12.9. The summed E-state index contributed by atoms with van der Waals surface area (Å²) in [6.45, 7) is 2.09. The van der Waals surface area contributed by atoms with E-state index in [0.717, 1.165) is 17.0 Å². The van der Waals surface area contributed by atoms with Gasteiger partial charge >= 0.3 is 0 Å². The van der Waals surface area contributed by atoms with Crippen LogP contribution in [0.5, 0.6) is 0 Å². The number of hydrogen-bond donors (Lipinski definition) is 0. The van der Waals surface area contributed by atoms with Crippen LogP contribution >= 0.6 is 11.8 Å². The molecule has 4 rings (SSSR count). The minimum Gasteiger partial charge on any atom is -0.310 e. The first kappa shape index (κ1) is 18.1. The number of nitrogens with zero attached hydrogens (tertiary/aromatic N) is 2. The second-order valence-electron chi connectivity index (χ2n) is 6.54. The van der Waals surface area contributed by atoms with Crippen LogP contribution in [0.25, 0.3) is 0 Å². The number of amides is 2. The Kier molecular flexibility index (Phi) is 4.47. The predicted octanol–water partition coefficient (Wildman–Crippen LogP) is 2.75. The number of carbonyl (C=O) groups excluding carboxylic acids is 2. The van der Waals surface area contributed by atoms with Crippen LogP contribution in [0.1, 0.15) is 23.7 Å². The Hall–Kier alpha value is -2.32. The monoisotopic (exact) mass is 402 g/mol. The van der Waals surface area contributed by atoms with Gasteiger partial charge in [-0.2, -0.15) is 0 Å². The number of anilines is 1. The van der Waals surface area contributed by atoms with Gasteiger partial charge in [-0.3, -0.25) is 9.59 Å². The largest absolute Gasteiger partial charge is 0.310 e. The van der Waals surface area contributed by atoms with Crippen LogP contribution in [-0.4, -0.2) is 42.9 Å². The fourth-order valence-electron chi connectivity index (χ4n) is 3.34. The number of hydrogen-bond acceptors (Lipinski definition) is 5. The van der Waals surface area contributed by atoms with E-state index in [9.17, 15) is 18.0 Å². The van der Waals surface area contributed by atoms with Crippen LogP contribution < -0.4 is 4.90 Å². The van der Waals surface area contributed by atoms with Crippen molar-refractivity contribution in [2.45, 2.75) is 28.4 Å². The molecular weight excluding hydrogens is 384 g/mol. The van der Waals surface area contributed by atoms with Crippen LogP contribution in [0, 0.1) is 0 Å². The summed E-state index contributed by atoms with van der Waals surface area (Å²) in [7, 11) is -4.00. The molecule has 2 amide bonds. The molecule has 8 heteroatoms. The second-order valence-corrected chi connectivity index (χ2v) is 9.85. The maximum atomic E-state index is 13.0. The molecule has 1 unspecified atom stereocenters. The number of thioether (sulfide) groups is 1. The van der Waals surface area contributed by atoms with Gasteiger partial charge < -0.3 is 4.90 Å². The Labute approximate surface area is 162 Å². The SMILES string of the molecule is CC1CCN(C(=O)CN2C(=O)c3ccccc3S2(=O)=O)c2ccccc2S1. The molecule has 2 aromatic carbocycles. The van der Waals surface area contributed by atoms with Gasteiger partial charge in [0.05, 0.1) is 11.3 Å². The van der Waals surface area contributed by atoms with Gasteiger partial charge in [0.15, 0.2) is 0 Å². The molecule has 2 aliphatic rings. The van der Waals surface area contributed by atoms with Crippen molar-refractivity contribution in [3.63, 3.8) is 0 Å². The van der Waals surface area contributed by atoms with E-state index < -0.39 is 28.4 Å². The highest BCUT2D eigenvalue weighted by Crippen LogP contribution is 2.38. The number of fused-ring (bicyclic) bond motifs is 2. The lowest BCUT2D eigenvalue weighted by Crippen LogP contribution is -2.43. The summed E-state index contributed by atoms with van der Waals surface area (Å²) in [5.74, 6) is -1.05. The third-order valence-electron chi connectivity index (χ3n) is 4.74. The molecule has 0 fully saturated rings. The van der Waals surface area contributed by atoms with Crippen LogP contribution in [0.3, 0.4) is 0 Å². The standard InChI is InChI=1S/C19H18N2O4S2/c1-13-10-11-20(15-7-3-4-8-16(15)26-13)18(22)12-21-19(23)14-6-2-5-9-17(14)27(21,24)25/h2-9,13H,10-12H2,1H3. The fraction of sp³-hybridized carbons (Fsp3) is 0.263. The van der Waals surface area contributed by atoms with E-state index in [4.69, 9.17) is 0 Å². The van der Waals surface area contributed by atoms with Crippen molar-refractivity contribution in [2.75, 3.05) is 18.0 Å². The van der Waals surface area contributed by atoms with E-state index in [-0.39, 0.29) is 10.5 Å². The molecule has 27 heavy (non-hydrogen) atoms. The molecule has 2 heterocycles. The summed E-state index contributed by atoms with van der Waals surface area (Å²) in [5.41, 5.74) is 0.879. The van der Waals surface area contributed by atoms with E-state index in [2.05, 4.69) is 6.92 Å². The molecule has 0 saturated carbocycles. The minimum atomic E-state index is -4.00. The highest BCUT2D eigenvalue weighted by Gasteiger charge is 2.42. The Morgan fingerprint density at radius 1 is 1.15 bits per heavy atom. The number of carbonyl (C=O) groups is 2. The van der Waals surface area contributed by atoms with Crippen LogP contribution in [-0.2, 0) is 14.8 Å². The molecule has 140 valence electrons. The molecule has 2 aromatic rings. The van der Waals surface area contributed by atoms with Gasteiger partial charge in [-0.25, -0.2) is 12.7 Å². The van der Waals surface area contributed by atoms with Gasteiger partial charge in [0, 0.05) is 16.7 Å². The topological polar surface area (TPSA) is 74.8 Å². The molecule has 0 radical (unpaired) electrons. The van der Waals surface area contributed by atoms with Gasteiger partial charge in [0.1, 0.15) is 11.4 Å². The zero-order valence-corrected chi connectivity index (χ0v) is 16.3. The van der Waals surface area contributed by atoms with Gasteiger partial charge in [0.2, 0.25) is 5.91 Å². The van der Waals surface area contributed by atoms with Gasteiger partial charge in [-0.1, -0.05) is 31.2 Å². The lowest BCUT2D eigenvalue weighted by molar-refractivity contribution is -0.118. The number of sulfonamides is 1. The Balaban J connectivity index is 1.65. The van der Waals surface area contributed by atoms with E-state index in [1.807, 2.05) is 24.3 Å². The summed E-state index contributed by atoms with van der Waals surface area (Å²) in [4.78, 5) is 28.1. The van der Waals surface area contributed by atoms with Crippen molar-refractivity contribution >= 4 is 39.3 Å². The highest BCUT2D eigenvalue weighted by molar-refractivity contribution is 8.00. The van der Waals surface area contributed by atoms with Crippen molar-refractivity contribution in [3.05, 3.63) is 54.1 Å². The third-order valence-corrected chi connectivity index (χ3v) is 7.76. The first-order valence-electron chi connectivity index (χ1n) is 8.62. The van der Waals surface area contributed by atoms with Crippen molar-refractivity contribution < 1.29 is 18.0 Å². The average molecular weight is 402 g/mol. The zero-order chi connectivity index (χ0) is 19.2. The molecule has 0 saturated heterocycles. The minimum absolute atomic E-state index is 0.0387. The number of para-hydroxylation sites is 1. The molecule has 0 aliphatic carbocycles. The maximum Gasteiger partial charge on any atom is 0.269 e. The molecule has 0 N–H and O–H groups in total. The number of rotatable bonds is 2. The smallest absolute Gasteiger partial charge is 0.269 e. The summed E-state index contributed by atoms with van der Waals surface area (Å²) in [6, 6.07) is 13.6. The third kappa shape index (κ3) is 3.02. The van der Waals surface area contributed by atoms with Crippen LogP contribution in [0.2, 0.25) is 0 Å². The summed E-state index contributed by atoms with van der Waals surface area (Å²) < 4.78 is 26.1. The van der Waals surface area contributed by atoms with Crippen molar-refractivity contribution in [2.24, 2.45) is 0 Å². The fourth-order valence-corrected chi connectivity index (χ4v) is 5.97. The van der Waals surface area contributed by atoms with Gasteiger partial charge in [-0.05, 0) is 30.7 Å². The van der Waals surface area contributed by atoms with Crippen LogP contribution in [0.15, 0.2) is 58.3 Å². The number of benzene rings is 2. The lowest BCUT2D eigenvalue weighted by Gasteiger charge is -2.25. The van der Waals surface area contributed by atoms with Gasteiger partial charge in [0.25, 0.3) is 15.9 Å². The van der Waals surface area contributed by atoms with Crippen LogP contribution in [0.4, 0.5) is 5.69 Å². The molecule has 6 nitrogen and oxygen atoms in total.